The highest BCUT2D eigenvalue weighted by atomic mass is 35.5. The summed E-state index contributed by atoms with van der Waals surface area (Å²) in [5.74, 6) is -5.58. The van der Waals surface area contributed by atoms with Crippen LogP contribution in [0.4, 0.5) is 10.5 Å². The summed E-state index contributed by atoms with van der Waals surface area (Å²) in [5, 5.41) is 24.0. The normalized spacial score (nSPS) is 13.8. The molecule has 3 heterocycles. The number of unbranched alkanes of at least 4 members (excludes halogenated alkanes) is 1. The molecule has 0 saturated heterocycles. The largest absolute Gasteiger partial charge is 0.513 e. The summed E-state index contributed by atoms with van der Waals surface area (Å²) in [6.45, 7) is 0.782. The topological polar surface area (TPSA) is 397 Å². The zero-order valence-corrected chi connectivity index (χ0v) is 53.5. The van der Waals surface area contributed by atoms with Crippen LogP contribution in [0.5, 0.6) is 17.2 Å². The predicted octanol–water partition coefficient (Wildman–Crippen LogP) is 4.67. The van der Waals surface area contributed by atoms with E-state index in [1.165, 1.54) is 17.9 Å². The SMILES string of the molecule is COc1cc2[nH]cc(C(=O)N3C[C@@H](CCl)c4c3cc(OC(=O)OCCSSC[C@H](NC(=O)[C@H](COC=O)CC(=O)[C@H](CCCN=C(N)N)NC(=O)[C@H](COC=O)CC(=O)CCCCn3cc(CCCC(=O)O)nn3)OC=O)c3ccccc43)c2cc1OCCN(C)C. The Bertz CT molecular complexity index is 3380. The molecule has 5 aromatic rings. The minimum atomic E-state index is -1.37. The van der Waals surface area contributed by atoms with Gasteiger partial charge in [0.05, 0.1) is 53.2 Å². The number of carboxylic acid groups (broad SMARTS) is 1. The molecule has 0 fully saturated rings. The Kier molecular flexibility index (Phi) is 29.6. The summed E-state index contributed by atoms with van der Waals surface area (Å²) in [5.41, 5.74) is 14.0. The van der Waals surface area contributed by atoms with Gasteiger partial charge in [-0.1, -0.05) is 51.1 Å². The number of hydrogen-bond acceptors (Lipinski definition) is 23. The first kappa shape index (κ1) is 72.4. The Hall–Kier alpha value is -8.68. The highest BCUT2D eigenvalue weighted by molar-refractivity contribution is 8.76. The second-order valence-corrected chi connectivity index (χ2v) is 24.3. The second kappa shape index (κ2) is 37.6. The van der Waals surface area contributed by atoms with Gasteiger partial charge >= 0.3 is 12.1 Å². The minimum absolute atomic E-state index is 0.000321. The van der Waals surface area contributed by atoms with Gasteiger partial charge in [0.1, 0.15) is 38.0 Å². The number of carbonyl (C=O) groups is 10. The molecule has 5 atom stereocenters. The fourth-order valence-electron chi connectivity index (χ4n) is 10.00. The van der Waals surface area contributed by atoms with Crippen LogP contribution in [0.2, 0.25) is 0 Å². The molecule has 3 aromatic carbocycles. The van der Waals surface area contributed by atoms with E-state index in [1.54, 1.807) is 52.3 Å². The lowest BCUT2D eigenvalue weighted by atomic mass is 9.94. The predicted molar refractivity (Wildman–Crippen MR) is 341 cm³/mol. The van der Waals surface area contributed by atoms with Crippen LogP contribution in [-0.2, 0) is 70.3 Å². The van der Waals surface area contributed by atoms with E-state index in [4.69, 9.17) is 61.3 Å². The van der Waals surface area contributed by atoms with Crippen molar-refractivity contribution in [3.8, 4) is 17.2 Å². The molecular formula is C60H76ClN11O18S2. The Morgan fingerprint density at radius 2 is 1.62 bits per heavy atom. The number of carboxylic acids is 1. The molecule has 498 valence electrons. The van der Waals surface area contributed by atoms with Crippen LogP contribution in [0.1, 0.15) is 85.3 Å². The molecule has 0 saturated carbocycles. The number of aliphatic imine (C=N–C) groups is 1. The average Bonchev–Trinajstić information content (AvgIpc) is 1.55. The number of amides is 3. The number of nitrogens with two attached hydrogens (primary N) is 2. The fraction of sp³-hybridized carbons (Fsp3) is 0.483. The van der Waals surface area contributed by atoms with Gasteiger partial charge < -0.3 is 75.1 Å². The number of rotatable bonds is 44. The minimum Gasteiger partial charge on any atom is -0.493 e. The number of likely N-dealkylation sites (N-methyl/N-ethyl adjacent to an activating group) is 1. The number of aromatic nitrogens is 4. The molecule has 1 aliphatic heterocycles. The van der Waals surface area contributed by atoms with Gasteiger partial charge in [0.15, 0.2) is 29.5 Å². The number of aromatic amines is 1. The molecule has 29 nitrogen and oxygen atoms in total. The zero-order valence-electron chi connectivity index (χ0n) is 51.1. The van der Waals surface area contributed by atoms with Crippen LogP contribution in [-0.4, -0.2) is 194 Å². The quantitative estimate of drug-likeness (QED) is 0.00295. The first-order valence-corrected chi connectivity index (χ1v) is 32.4. The third kappa shape index (κ3) is 22.0. The Morgan fingerprint density at radius 1 is 0.880 bits per heavy atom. The van der Waals surface area contributed by atoms with E-state index in [-0.39, 0.29) is 118 Å². The maximum Gasteiger partial charge on any atom is 0.513 e. The third-order valence-electron chi connectivity index (χ3n) is 14.5. The summed E-state index contributed by atoms with van der Waals surface area (Å²) in [6, 6.07) is 11.1. The number of H-pyrrole nitrogens is 1. The first-order valence-electron chi connectivity index (χ1n) is 29.4. The number of halogens is 1. The number of guanidine groups is 1. The summed E-state index contributed by atoms with van der Waals surface area (Å²) in [6.07, 6.45) is 1.97. The van der Waals surface area contributed by atoms with E-state index in [0.717, 1.165) is 21.7 Å². The van der Waals surface area contributed by atoms with Crippen molar-refractivity contribution in [3.05, 3.63) is 71.7 Å². The average molecular weight is 1340 g/mol. The Balaban J connectivity index is 1.03. The van der Waals surface area contributed by atoms with E-state index in [0.29, 0.717) is 90.1 Å². The van der Waals surface area contributed by atoms with Crippen LogP contribution in [0.15, 0.2) is 59.9 Å². The maximum absolute atomic E-state index is 14.6. The summed E-state index contributed by atoms with van der Waals surface area (Å²) in [4.78, 5) is 139. The third-order valence-corrected chi connectivity index (χ3v) is 17.2. The van der Waals surface area contributed by atoms with Gasteiger partial charge in [0.2, 0.25) is 11.8 Å². The van der Waals surface area contributed by atoms with Crippen molar-refractivity contribution in [1.82, 2.24) is 35.5 Å². The zero-order chi connectivity index (χ0) is 66.5. The molecule has 3 amide bonds. The van der Waals surface area contributed by atoms with Crippen molar-refractivity contribution in [2.24, 2.45) is 28.3 Å². The highest BCUT2D eigenvalue weighted by Gasteiger charge is 2.37. The monoisotopic (exact) mass is 1340 g/mol. The molecule has 1 aliphatic rings. The molecule has 32 heteroatoms. The van der Waals surface area contributed by atoms with Crippen molar-refractivity contribution >= 4 is 127 Å². The van der Waals surface area contributed by atoms with Crippen LogP contribution >= 0.6 is 33.2 Å². The van der Waals surface area contributed by atoms with Crippen LogP contribution in [0.3, 0.4) is 0 Å². The number of methoxy groups -OCH3 is 1. The highest BCUT2D eigenvalue weighted by Crippen LogP contribution is 2.47. The molecule has 0 bridgehead atoms. The van der Waals surface area contributed by atoms with Crippen molar-refractivity contribution in [1.29, 1.82) is 0 Å². The van der Waals surface area contributed by atoms with Gasteiger partial charge in [-0.25, -0.2) is 4.79 Å². The lowest BCUT2D eigenvalue weighted by Gasteiger charge is -2.24. The number of carbonyl (C=O) groups excluding carboxylic acids is 9. The van der Waals surface area contributed by atoms with E-state index in [1.807, 2.05) is 31.1 Å². The number of ether oxygens (including phenoxy) is 7. The molecule has 0 aliphatic carbocycles. The van der Waals surface area contributed by atoms with Gasteiger partial charge in [-0.15, -0.1) is 16.7 Å². The van der Waals surface area contributed by atoms with Crippen molar-refractivity contribution < 1.29 is 86.2 Å². The summed E-state index contributed by atoms with van der Waals surface area (Å²) in [7, 11) is 7.72. The summed E-state index contributed by atoms with van der Waals surface area (Å²) < 4.78 is 39.5. The van der Waals surface area contributed by atoms with Gasteiger partial charge in [-0.2, -0.15) is 0 Å². The number of fused-ring (bicyclic) bond motifs is 4. The molecule has 0 unspecified atom stereocenters. The molecule has 8 N–H and O–H groups in total. The second-order valence-electron chi connectivity index (χ2n) is 21.4. The van der Waals surface area contributed by atoms with E-state index in [2.05, 4.69) is 30.9 Å². The smallest absolute Gasteiger partial charge is 0.493 e. The lowest BCUT2D eigenvalue weighted by Crippen LogP contribution is -2.48. The number of alkyl halides is 1. The number of hydrogen-bond donors (Lipinski definition) is 6. The van der Waals surface area contributed by atoms with Gasteiger partial charge in [-0.3, -0.25) is 52.8 Å². The van der Waals surface area contributed by atoms with Crippen LogP contribution < -0.4 is 41.2 Å². The molecule has 92 heavy (non-hydrogen) atoms. The van der Waals surface area contributed by atoms with E-state index < -0.39 is 73.5 Å². The number of benzene rings is 3. The number of Topliss-reactive ketones (excluding diaryl/α,β-unsaturated/α-hetero) is 2. The van der Waals surface area contributed by atoms with Gasteiger partial charge in [-0.05, 0) is 69.6 Å². The number of nitrogens with zero attached hydrogens (tertiary/aromatic N) is 6. The van der Waals surface area contributed by atoms with Crippen molar-refractivity contribution in [3.63, 3.8) is 0 Å². The fourth-order valence-corrected chi connectivity index (χ4v) is 12.1. The van der Waals surface area contributed by atoms with Gasteiger partial charge in [0, 0.05) is 105 Å². The van der Waals surface area contributed by atoms with Gasteiger partial charge in [0.25, 0.3) is 25.3 Å². The van der Waals surface area contributed by atoms with E-state index in [9.17, 15) is 47.9 Å². The summed E-state index contributed by atoms with van der Waals surface area (Å²) >= 11 is 6.57. The molecule has 0 spiro atoms. The van der Waals surface area contributed by atoms with Crippen LogP contribution in [0.25, 0.3) is 21.7 Å². The lowest BCUT2D eigenvalue weighted by molar-refractivity contribution is -0.142. The molecule has 0 radical (unpaired) electrons. The maximum atomic E-state index is 14.6. The molecule has 2 aromatic heterocycles. The Labute approximate surface area is 542 Å². The van der Waals surface area contributed by atoms with Crippen LogP contribution in [0, 0.1) is 11.8 Å². The first-order chi connectivity index (χ1) is 44.4. The molecular weight excluding hydrogens is 1260 g/mol. The number of nitrogens with one attached hydrogen (secondary N) is 3. The van der Waals surface area contributed by atoms with Crippen molar-refractivity contribution in [2.75, 3.05) is 89.6 Å². The standard InChI is InChI=1S/C60H76ClN11O18S2/c1-70(2)18-19-87-52-24-44-45(28-65-47(44)25-51(52)84-3)58(82)72-29-39(27-61)55-43-13-5-4-12-42(43)50(26-48(55)72)90-60(83)88-20-21-91-92-33-53(89-36-75)67-57(81)38(32-86-35-74)23-49(77)46(14-9-16-64-59(62)63)66-56(80)37(31-85-34-73)22-41(76)11-6-7-17-71-30-40(68-69-71)10-8-15-54(78)79/h4-5,12-13,24-26,28,30,34-39,46,53,65H,6-11,14-23,27,29,31-33H2,1-3H3,(H,66,80)(H,67,81)(H,78,79)(H4,62,63,64)/t37-,38-,39+,46-,53+/m0/s1. The number of aliphatic carboxylic acids is 1. The number of aryl methyl sites for hydroxylation is 2. The number of anilines is 1. The van der Waals surface area contributed by atoms with Crippen molar-refractivity contribution in [2.45, 2.75) is 88.9 Å². The Morgan fingerprint density at radius 3 is 2.32 bits per heavy atom. The molecule has 6 rings (SSSR count). The van der Waals surface area contributed by atoms with E-state index >= 15 is 0 Å². The number of ketones is 2.